The Labute approximate surface area is 85.1 Å². The van der Waals surface area contributed by atoms with Crippen LogP contribution in [-0.2, 0) is 4.79 Å². The number of hydrogen-bond acceptors (Lipinski definition) is 3. The van der Waals surface area contributed by atoms with Crippen molar-refractivity contribution < 1.29 is 9.90 Å². The molecule has 1 aliphatic heterocycles. The molecule has 3 unspecified atom stereocenters. The highest BCUT2D eigenvalue weighted by atomic mass is 16.3. The molecule has 0 aromatic carbocycles. The second-order valence-electron chi connectivity index (χ2n) is 4.76. The topological polar surface area (TPSA) is 40.5 Å². The molecule has 1 saturated heterocycles. The zero-order valence-corrected chi connectivity index (χ0v) is 8.78. The van der Waals surface area contributed by atoms with E-state index in [9.17, 15) is 9.90 Å². The highest BCUT2D eigenvalue weighted by molar-refractivity contribution is 5.79. The maximum atomic E-state index is 11.4. The number of carbonyl (C=O) groups is 1. The Kier molecular flexibility index (Phi) is 2.88. The van der Waals surface area contributed by atoms with Gasteiger partial charge in [-0.3, -0.25) is 9.69 Å². The Hall–Kier alpha value is -0.410. The van der Waals surface area contributed by atoms with Crippen LogP contribution in [0.1, 0.15) is 32.6 Å². The van der Waals surface area contributed by atoms with Gasteiger partial charge in [-0.25, -0.2) is 0 Å². The van der Waals surface area contributed by atoms with Gasteiger partial charge in [0.05, 0.1) is 6.10 Å². The SMILES string of the molecule is CC1CCC(=O)CC1N1CCC(O)C1. The van der Waals surface area contributed by atoms with Crippen LogP contribution in [0, 0.1) is 5.92 Å². The number of hydrogen-bond donors (Lipinski definition) is 1. The number of carbonyl (C=O) groups excluding carboxylic acids is 1. The molecule has 3 heteroatoms. The summed E-state index contributed by atoms with van der Waals surface area (Å²) in [4.78, 5) is 13.7. The van der Waals surface area contributed by atoms with Crippen molar-refractivity contribution in [3.63, 3.8) is 0 Å². The molecular weight excluding hydrogens is 178 g/mol. The monoisotopic (exact) mass is 197 g/mol. The smallest absolute Gasteiger partial charge is 0.134 e. The lowest BCUT2D eigenvalue weighted by molar-refractivity contribution is -0.123. The summed E-state index contributed by atoms with van der Waals surface area (Å²) in [5, 5.41) is 9.46. The van der Waals surface area contributed by atoms with E-state index in [1.165, 1.54) is 0 Å². The summed E-state index contributed by atoms with van der Waals surface area (Å²) >= 11 is 0. The van der Waals surface area contributed by atoms with Gasteiger partial charge in [-0.1, -0.05) is 6.92 Å². The molecule has 3 atom stereocenters. The summed E-state index contributed by atoms with van der Waals surface area (Å²) in [7, 11) is 0. The Morgan fingerprint density at radius 1 is 1.43 bits per heavy atom. The number of aliphatic hydroxyl groups is 1. The lowest BCUT2D eigenvalue weighted by Gasteiger charge is -2.35. The van der Waals surface area contributed by atoms with Crippen molar-refractivity contribution in [2.24, 2.45) is 5.92 Å². The normalized spacial score (nSPS) is 40.4. The number of rotatable bonds is 1. The lowest BCUT2D eigenvalue weighted by atomic mass is 9.84. The third-order valence-corrected chi connectivity index (χ3v) is 3.64. The molecule has 2 rings (SSSR count). The molecule has 2 fully saturated rings. The first-order chi connectivity index (χ1) is 6.66. The molecule has 0 spiro atoms. The summed E-state index contributed by atoms with van der Waals surface area (Å²) in [5.74, 6) is 1.01. The van der Waals surface area contributed by atoms with E-state index < -0.39 is 0 Å². The van der Waals surface area contributed by atoms with Crippen LogP contribution in [-0.4, -0.2) is 41.0 Å². The van der Waals surface area contributed by atoms with Crippen LogP contribution in [0.4, 0.5) is 0 Å². The molecular formula is C11H19NO2. The fourth-order valence-electron chi connectivity index (χ4n) is 2.68. The van der Waals surface area contributed by atoms with Crippen LogP contribution in [0.3, 0.4) is 0 Å². The third-order valence-electron chi connectivity index (χ3n) is 3.64. The van der Waals surface area contributed by atoms with Crippen LogP contribution in [0.15, 0.2) is 0 Å². The number of nitrogens with zero attached hydrogens (tertiary/aromatic N) is 1. The minimum absolute atomic E-state index is 0.167. The van der Waals surface area contributed by atoms with Crippen LogP contribution in [0.5, 0.6) is 0 Å². The quantitative estimate of drug-likeness (QED) is 0.676. The number of Topliss-reactive ketones (excluding diaryl/α,β-unsaturated/α-hetero) is 1. The van der Waals surface area contributed by atoms with Gasteiger partial charge in [0.15, 0.2) is 0 Å². The zero-order chi connectivity index (χ0) is 10.1. The highest BCUT2D eigenvalue weighted by Gasteiger charge is 2.34. The minimum atomic E-state index is -0.167. The number of ketones is 1. The predicted octanol–water partition coefficient (Wildman–Crippen LogP) is 0.811. The molecule has 0 radical (unpaired) electrons. The fraction of sp³-hybridized carbons (Fsp3) is 0.909. The molecule has 0 aromatic heterocycles. The van der Waals surface area contributed by atoms with Gasteiger partial charge >= 0.3 is 0 Å². The maximum absolute atomic E-state index is 11.4. The van der Waals surface area contributed by atoms with Crippen LogP contribution in [0.25, 0.3) is 0 Å². The third kappa shape index (κ3) is 1.98. The first kappa shape index (κ1) is 10.1. The number of likely N-dealkylation sites (tertiary alicyclic amines) is 1. The Morgan fingerprint density at radius 3 is 2.86 bits per heavy atom. The van der Waals surface area contributed by atoms with Crippen molar-refractivity contribution in [2.45, 2.75) is 44.8 Å². The first-order valence-electron chi connectivity index (χ1n) is 5.60. The molecule has 1 aliphatic carbocycles. The summed E-state index contributed by atoms with van der Waals surface area (Å²) in [6, 6.07) is 0.397. The van der Waals surface area contributed by atoms with Gasteiger partial charge in [0, 0.05) is 32.0 Å². The highest BCUT2D eigenvalue weighted by Crippen LogP contribution is 2.28. The van der Waals surface area contributed by atoms with E-state index in [-0.39, 0.29) is 6.10 Å². The Morgan fingerprint density at radius 2 is 2.21 bits per heavy atom. The van der Waals surface area contributed by atoms with Crippen LogP contribution < -0.4 is 0 Å². The molecule has 80 valence electrons. The second-order valence-corrected chi connectivity index (χ2v) is 4.76. The van der Waals surface area contributed by atoms with Gasteiger partial charge in [0.2, 0.25) is 0 Å². The molecule has 0 aromatic rings. The van der Waals surface area contributed by atoms with Crippen molar-refractivity contribution in [1.82, 2.24) is 4.90 Å². The van der Waals surface area contributed by atoms with E-state index in [1.807, 2.05) is 0 Å². The fourth-order valence-corrected chi connectivity index (χ4v) is 2.68. The summed E-state index contributed by atoms with van der Waals surface area (Å²) in [6.07, 6.45) is 3.19. The van der Waals surface area contributed by atoms with Gasteiger partial charge in [-0.05, 0) is 18.8 Å². The van der Waals surface area contributed by atoms with Crippen molar-refractivity contribution in [1.29, 1.82) is 0 Å². The van der Waals surface area contributed by atoms with Crippen molar-refractivity contribution in [2.75, 3.05) is 13.1 Å². The molecule has 0 amide bonds. The summed E-state index contributed by atoms with van der Waals surface area (Å²) in [6.45, 7) is 3.95. The molecule has 0 bridgehead atoms. The van der Waals surface area contributed by atoms with E-state index in [2.05, 4.69) is 11.8 Å². The molecule has 14 heavy (non-hydrogen) atoms. The Balaban J connectivity index is 1.97. The number of β-amino-alcohol motifs (C(OH)–C–C–N with tert-alkyl or cyclic N) is 1. The zero-order valence-electron chi connectivity index (χ0n) is 8.78. The van der Waals surface area contributed by atoms with Gasteiger partial charge in [-0.2, -0.15) is 0 Å². The van der Waals surface area contributed by atoms with E-state index in [1.54, 1.807) is 0 Å². The standard InChI is InChI=1S/C11H19NO2/c1-8-2-3-9(13)6-11(8)12-5-4-10(14)7-12/h8,10-11,14H,2-7H2,1H3. The van der Waals surface area contributed by atoms with Gasteiger partial charge in [0.25, 0.3) is 0 Å². The van der Waals surface area contributed by atoms with E-state index in [0.29, 0.717) is 24.2 Å². The lowest BCUT2D eigenvalue weighted by Crippen LogP contribution is -2.42. The molecule has 2 aliphatic rings. The maximum Gasteiger partial charge on any atom is 0.134 e. The van der Waals surface area contributed by atoms with Gasteiger partial charge in [0.1, 0.15) is 5.78 Å². The summed E-state index contributed by atoms with van der Waals surface area (Å²) in [5.41, 5.74) is 0. The summed E-state index contributed by atoms with van der Waals surface area (Å²) < 4.78 is 0. The van der Waals surface area contributed by atoms with Crippen molar-refractivity contribution >= 4 is 5.78 Å². The molecule has 3 nitrogen and oxygen atoms in total. The average Bonchev–Trinajstić information content (AvgIpc) is 2.56. The van der Waals surface area contributed by atoms with E-state index in [4.69, 9.17) is 0 Å². The second kappa shape index (κ2) is 3.99. The number of aliphatic hydroxyl groups excluding tert-OH is 1. The minimum Gasteiger partial charge on any atom is -0.392 e. The van der Waals surface area contributed by atoms with Gasteiger partial charge in [-0.15, -0.1) is 0 Å². The average molecular weight is 197 g/mol. The van der Waals surface area contributed by atoms with E-state index in [0.717, 1.165) is 32.4 Å². The van der Waals surface area contributed by atoms with Crippen molar-refractivity contribution in [3.05, 3.63) is 0 Å². The van der Waals surface area contributed by atoms with Crippen LogP contribution in [0.2, 0.25) is 0 Å². The largest absolute Gasteiger partial charge is 0.392 e. The Bertz CT molecular complexity index is 229. The van der Waals surface area contributed by atoms with Gasteiger partial charge < -0.3 is 5.11 Å². The van der Waals surface area contributed by atoms with E-state index >= 15 is 0 Å². The predicted molar refractivity (Wildman–Crippen MR) is 54.0 cm³/mol. The van der Waals surface area contributed by atoms with Crippen molar-refractivity contribution in [3.8, 4) is 0 Å². The molecule has 1 N–H and O–H groups in total. The molecule has 1 saturated carbocycles. The molecule has 1 heterocycles. The van der Waals surface area contributed by atoms with Crippen LogP contribution >= 0.6 is 0 Å². The first-order valence-corrected chi connectivity index (χ1v) is 5.60.